The van der Waals surface area contributed by atoms with E-state index in [-0.39, 0.29) is 0 Å². The molecule has 0 spiro atoms. The van der Waals surface area contributed by atoms with Gasteiger partial charge in [0.2, 0.25) is 9.84 Å². The van der Waals surface area contributed by atoms with Gasteiger partial charge in [0.15, 0.2) is 0 Å². The summed E-state index contributed by atoms with van der Waals surface area (Å²) in [5.41, 5.74) is 1.65. The lowest BCUT2D eigenvalue weighted by atomic mass is 10.1. The van der Waals surface area contributed by atoms with Crippen molar-refractivity contribution in [2.75, 3.05) is 13.6 Å². The topological polar surface area (TPSA) is 46.2 Å². The van der Waals surface area contributed by atoms with E-state index in [2.05, 4.69) is 5.32 Å². The number of aryl methyl sites for hydroxylation is 1. The van der Waals surface area contributed by atoms with Crippen LogP contribution in [-0.4, -0.2) is 22.0 Å². The van der Waals surface area contributed by atoms with Gasteiger partial charge in [0, 0.05) is 0 Å². The molecule has 0 aromatic heterocycles. The Labute approximate surface area is 96.1 Å². The van der Waals surface area contributed by atoms with Gasteiger partial charge in [-0.15, -0.1) is 0 Å². The van der Waals surface area contributed by atoms with Gasteiger partial charge in [-0.2, -0.15) is 0 Å². The van der Waals surface area contributed by atoms with Crippen molar-refractivity contribution in [2.45, 2.75) is 18.2 Å². The Morgan fingerprint density at radius 2 is 2.06 bits per heavy atom. The predicted octanol–water partition coefficient (Wildman–Crippen LogP) is 1.73. The highest BCUT2D eigenvalue weighted by Gasteiger charge is 2.30. The minimum Gasteiger partial charge on any atom is -0.319 e. The molecule has 0 aliphatic carbocycles. The lowest BCUT2D eigenvalue weighted by Crippen LogP contribution is -2.11. The van der Waals surface area contributed by atoms with E-state index in [0.717, 1.165) is 11.1 Å². The molecule has 1 aliphatic rings. The van der Waals surface area contributed by atoms with Gasteiger partial charge in [0.05, 0.1) is 9.80 Å². The zero-order valence-electron chi connectivity index (χ0n) is 9.45. The molecule has 2 rings (SSSR count). The Kier molecular flexibility index (Phi) is 2.86. The molecule has 16 heavy (non-hydrogen) atoms. The van der Waals surface area contributed by atoms with Gasteiger partial charge in [-0.3, -0.25) is 0 Å². The second kappa shape index (κ2) is 4.03. The van der Waals surface area contributed by atoms with Gasteiger partial charge in [-0.05, 0) is 44.1 Å². The van der Waals surface area contributed by atoms with E-state index >= 15 is 0 Å². The molecule has 0 bridgehead atoms. The Balaban J connectivity index is 2.48. The molecule has 0 atom stereocenters. The summed E-state index contributed by atoms with van der Waals surface area (Å²) in [6.45, 7) is 2.52. The van der Waals surface area contributed by atoms with Crippen molar-refractivity contribution < 1.29 is 8.42 Å². The van der Waals surface area contributed by atoms with Crippen LogP contribution >= 0.6 is 0 Å². The Morgan fingerprint density at radius 3 is 2.69 bits per heavy atom. The van der Waals surface area contributed by atoms with Crippen LogP contribution in [0.5, 0.6) is 0 Å². The second-order valence-electron chi connectivity index (χ2n) is 3.96. The summed E-state index contributed by atoms with van der Waals surface area (Å²) in [5, 5.41) is 2.97. The number of hydrogen-bond donors (Lipinski definition) is 1. The van der Waals surface area contributed by atoms with E-state index in [9.17, 15) is 8.42 Å². The van der Waals surface area contributed by atoms with Crippen molar-refractivity contribution in [3.8, 4) is 0 Å². The predicted molar refractivity (Wildman–Crippen MR) is 64.9 cm³/mol. The maximum Gasteiger partial charge on any atom is 0.203 e. The number of benzene rings is 1. The van der Waals surface area contributed by atoms with Crippen LogP contribution in [0.4, 0.5) is 0 Å². The minimum absolute atomic E-state index is 0.487. The average molecular weight is 237 g/mol. The highest BCUT2D eigenvalue weighted by Crippen LogP contribution is 2.36. The number of rotatable bonds is 3. The largest absolute Gasteiger partial charge is 0.319 e. The zero-order valence-corrected chi connectivity index (χ0v) is 10.3. The molecule has 0 radical (unpaired) electrons. The Hall–Kier alpha value is -1.13. The fourth-order valence-corrected chi connectivity index (χ4v) is 3.84. The van der Waals surface area contributed by atoms with Crippen LogP contribution in [0.1, 0.15) is 17.5 Å². The van der Waals surface area contributed by atoms with Gasteiger partial charge in [-0.1, -0.05) is 18.2 Å². The Bertz CT molecular complexity index is 544. The molecule has 1 aromatic carbocycles. The van der Waals surface area contributed by atoms with E-state index < -0.39 is 9.84 Å². The lowest BCUT2D eigenvalue weighted by molar-refractivity contribution is 0.600. The van der Waals surface area contributed by atoms with Gasteiger partial charge >= 0.3 is 0 Å². The maximum atomic E-state index is 12.2. The standard InChI is InChI=1S/C12H15NO2S/c1-9-4-3-5-10-8-11(6-7-13-2)16(14,15)12(9)10/h3-5,8,13H,6-7H2,1-2H3. The third kappa shape index (κ3) is 1.68. The van der Waals surface area contributed by atoms with Crippen molar-refractivity contribution in [2.24, 2.45) is 0 Å². The highest BCUT2D eigenvalue weighted by atomic mass is 32.2. The van der Waals surface area contributed by atoms with Crippen LogP contribution in [-0.2, 0) is 9.84 Å². The first-order chi connectivity index (χ1) is 7.57. The van der Waals surface area contributed by atoms with E-state index in [1.54, 1.807) is 6.08 Å². The van der Waals surface area contributed by atoms with Crippen LogP contribution in [0.2, 0.25) is 0 Å². The first kappa shape index (κ1) is 11.4. The van der Waals surface area contributed by atoms with Gasteiger partial charge in [0.1, 0.15) is 0 Å². The molecule has 86 valence electrons. The maximum absolute atomic E-state index is 12.2. The lowest BCUT2D eigenvalue weighted by Gasteiger charge is -2.05. The molecule has 4 heteroatoms. The molecule has 0 amide bonds. The highest BCUT2D eigenvalue weighted by molar-refractivity contribution is 7.95. The van der Waals surface area contributed by atoms with Crippen LogP contribution in [0.15, 0.2) is 28.0 Å². The monoisotopic (exact) mass is 237 g/mol. The average Bonchev–Trinajstić information content (AvgIpc) is 2.48. The smallest absolute Gasteiger partial charge is 0.203 e. The SMILES string of the molecule is CNCCC1=Cc2cccc(C)c2S1(=O)=O. The van der Waals surface area contributed by atoms with Crippen molar-refractivity contribution in [3.05, 3.63) is 34.2 Å². The van der Waals surface area contributed by atoms with E-state index in [4.69, 9.17) is 0 Å². The van der Waals surface area contributed by atoms with Crippen LogP contribution in [0.25, 0.3) is 6.08 Å². The molecule has 0 saturated heterocycles. The van der Waals surface area contributed by atoms with E-state index in [1.807, 2.05) is 32.2 Å². The van der Waals surface area contributed by atoms with Crippen molar-refractivity contribution in [1.29, 1.82) is 0 Å². The molecule has 0 fully saturated rings. The summed E-state index contributed by atoms with van der Waals surface area (Å²) in [5.74, 6) is 0. The van der Waals surface area contributed by atoms with E-state index in [1.165, 1.54) is 0 Å². The summed E-state index contributed by atoms with van der Waals surface area (Å²) in [6.07, 6.45) is 2.34. The molecule has 1 aromatic rings. The summed E-state index contributed by atoms with van der Waals surface area (Å²) in [4.78, 5) is 1.01. The second-order valence-corrected chi connectivity index (χ2v) is 5.90. The zero-order chi connectivity index (χ0) is 11.8. The number of fused-ring (bicyclic) bond motifs is 1. The first-order valence-corrected chi connectivity index (χ1v) is 6.75. The van der Waals surface area contributed by atoms with Crippen LogP contribution in [0.3, 0.4) is 0 Å². The van der Waals surface area contributed by atoms with Crippen molar-refractivity contribution in [3.63, 3.8) is 0 Å². The molecular weight excluding hydrogens is 222 g/mol. The summed E-state index contributed by atoms with van der Waals surface area (Å²) in [7, 11) is -1.41. The summed E-state index contributed by atoms with van der Waals surface area (Å²) >= 11 is 0. The van der Waals surface area contributed by atoms with Gasteiger partial charge < -0.3 is 5.32 Å². The number of nitrogens with one attached hydrogen (secondary N) is 1. The van der Waals surface area contributed by atoms with Crippen LogP contribution < -0.4 is 5.32 Å². The van der Waals surface area contributed by atoms with Gasteiger partial charge in [0.25, 0.3) is 0 Å². The number of hydrogen-bond acceptors (Lipinski definition) is 3. The fraction of sp³-hybridized carbons (Fsp3) is 0.333. The first-order valence-electron chi connectivity index (χ1n) is 5.27. The Morgan fingerprint density at radius 1 is 1.31 bits per heavy atom. The molecule has 1 heterocycles. The molecular formula is C12H15NO2S. The summed E-state index contributed by atoms with van der Waals surface area (Å²) < 4.78 is 24.4. The molecule has 3 nitrogen and oxygen atoms in total. The van der Waals surface area contributed by atoms with Gasteiger partial charge in [-0.25, -0.2) is 8.42 Å². The normalized spacial score (nSPS) is 17.0. The molecule has 0 unspecified atom stereocenters. The summed E-state index contributed by atoms with van der Waals surface area (Å²) in [6, 6.07) is 5.58. The van der Waals surface area contributed by atoms with E-state index in [0.29, 0.717) is 22.8 Å². The molecule has 1 N–H and O–H groups in total. The minimum atomic E-state index is -3.23. The van der Waals surface area contributed by atoms with Crippen molar-refractivity contribution in [1.82, 2.24) is 5.32 Å². The fourth-order valence-electron chi connectivity index (χ4n) is 1.99. The molecule has 1 aliphatic heterocycles. The quantitative estimate of drug-likeness (QED) is 0.871. The third-order valence-electron chi connectivity index (χ3n) is 2.79. The van der Waals surface area contributed by atoms with Crippen molar-refractivity contribution >= 4 is 15.9 Å². The molecule has 0 saturated carbocycles. The number of sulfone groups is 1. The van der Waals surface area contributed by atoms with Crippen LogP contribution in [0, 0.1) is 6.92 Å². The third-order valence-corrected chi connectivity index (χ3v) is 4.90.